The van der Waals surface area contributed by atoms with E-state index in [9.17, 15) is 4.79 Å². The first-order valence-corrected chi connectivity index (χ1v) is 5.94. The van der Waals surface area contributed by atoms with Gasteiger partial charge in [0.2, 0.25) is 0 Å². The van der Waals surface area contributed by atoms with Crippen molar-refractivity contribution in [2.75, 3.05) is 0 Å². The highest BCUT2D eigenvalue weighted by molar-refractivity contribution is 7.12. The van der Waals surface area contributed by atoms with Crippen LogP contribution in [-0.4, -0.2) is 16.6 Å². The summed E-state index contributed by atoms with van der Waals surface area (Å²) in [4.78, 5) is 16.2. The first-order valence-electron chi connectivity index (χ1n) is 5.06. The Balaban J connectivity index is 2.04. The van der Waals surface area contributed by atoms with E-state index in [0.717, 1.165) is 11.3 Å². The molecule has 0 saturated carbocycles. The van der Waals surface area contributed by atoms with Gasteiger partial charge >= 0.3 is 0 Å². The van der Waals surface area contributed by atoms with Gasteiger partial charge in [-0.25, -0.2) is 5.43 Å². The van der Waals surface area contributed by atoms with Crippen molar-refractivity contribution in [3.8, 4) is 0 Å². The Labute approximate surface area is 103 Å². The molecule has 1 amide bonds. The number of pyridine rings is 1. The van der Waals surface area contributed by atoms with Crippen molar-refractivity contribution in [1.82, 2.24) is 10.4 Å². The molecular weight excluding hydrogens is 234 g/mol. The van der Waals surface area contributed by atoms with Gasteiger partial charge in [-0.05, 0) is 30.5 Å². The largest absolute Gasteiger partial charge is 0.281 e. The Morgan fingerprint density at radius 3 is 2.76 bits per heavy atom. The van der Waals surface area contributed by atoms with Crippen molar-refractivity contribution in [3.63, 3.8) is 0 Å². The van der Waals surface area contributed by atoms with E-state index < -0.39 is 0 Å². The lowest BCUT2D eigenvalue weighted by atomic mass is 10.2. The summed E-state index contributed by atoms with van der Waals surface area (Å²) in [5.41, 5.74) is 4.21. The minimum absolute atomic E-state index is 0.187. The van der Waals surface area contributed by atoms with E-state index in [-0.39, 0.29) is 5.91 Å². The van der Waals surface area contributed by atoms with Crippen molar-refractivity contribution in [2.45, 2.75) is 6.92 Å². The fraction of sp³-hybridized carbons (Fsp3) is 0.0833. The zero-order chi connectivity index (χ0) is 12.1. The lowest BCUT2D eigenvalue weighted by Crippen LogP contribution is -2.18. The number of carbonyl (C=O) groups is 1. The van der Waals surface area contributed by atoms with Crippen molar-refractivity contribution in [1.29, 1.82) is 0 Å². The molecule has 0 bridgehead atoms. The van der Waals surface area contributed by atoms with E-state index in [0.29, 0.717) is 4.88 Å². The minimum Gasteiger partial charge on any atom is -0.266 e. The van der Waals surface area contributed by atoms with Crippen LogP contribution in [0.25, 0.3) is 0 Å². The molecule has 0 aliphatic carbocycles. The van der Waals surface area contributed by atoms with Crippen LogP contribution in [0.4, 0.5) is 0 Å². The van der Waals surface area contributed by atoms with Gasteiger partial charge in [0.1, 0.15) is 0 Å². The van der Waals surface area contributed by atoms with Gasteiger partial charge in [0.25, 0.3) is 5.91 Å². The number of nitrogens with one attached hydrogen (secondary N) is 1. The van der Waals surface area contributed by atoms with Crippen molar-refractivity contribution in [3.05, 3.63) is 52.5 Å². The lowest BCUT2D eigenvalue weighted by molar-refractivity contribution is 0.0959. The molecule has 0 saturated heterocycles. The maximum absolute atomic E-state index is 11.6. The van der Waals surface area contributed by atoms with Gasteiger partial charge < -0.3 is 0 Å². The number of hydrogen-bond acceptors (Lipinski definition) is 4. The van der Waals surface area contributed by atoms with Crippen LogP contribution in [0.1, 0.15) is 22.2 Å². The minimum atomic E-state index is -0.187. The Kier molecular flexibility index (Phi) is 3.62. The molecule has 0 aromatic carbocycles. The second-order valence-corrected chi connectivity index (χ2v) is 4.30. The third-order valence-corrected chi connectivity index (χ3v) is 3.04. The maximum atomic E-state index is 11.6. The normalized spacial score (nSPS) is 11.2. The summed E-state index contributed by atoms with van der Waals surface area (Å²) in [6.45, 7) is 1.84. The van der Waals surface area contributed by atoms with Crippen molar-refractivity contribution in [2.24, 2.45) is 5.10 Å². The smallest absolute Gasteiger partial charge is 0.266 e. The average Bonchev–Trinajstić information content (AvgIpc) is 2.90. The molecule has 0 spiro atoms. The second kappa shape index (κ2) is 5.36. The number of aromatic nitrogens is 1. The Morgan fingerprint density at radius 2 is 2.12 bits per heavy atom. The fourth-order valence-corrected chi connectivity index (χ4v) is 1.87. The van der Waals surface area contributed by atoms with Crippen LogP contribution >= 0.6 is 11.3 Å². The quantitative estimate of drug-likeness (QED) is 0.666. The van der Waals surface area contributed by atoms with Gasteiger partial charge in [0.15, 0.2) is 0 Å². The van der Waals surface area contributed by atoms with Crippen LogP contribution in [0.5, 0.6) is 0 Å². The van der Waals surface area contributed by atoms with E-state index in [1.165, 1.54) is 11.3 Å². The number of nitrogens with zero attached hydrogens (tertiary/aromatic N) is 2. The molecule has 0 atom stereocenters. The predicted octanol–water partition coefficient (Wildman–Crippen LogP) is 2.30. The number of hydrazone groups is 1. The van der Waals surface area contributed by atoms with Gasteiger partial charge in [0, 0.05) is 18.0 Å². The van der Waals surface area contributed by atoms with Gasteiger partial charge in [-0.2, -0.15) is 5.10 Å². The zero-order valence-electron chi connectivity index (χ0n) is 9.25. The summed E-state index contributed by atoms with van der Waals surface area (Å²) < 4.78 is 0. The summed E-state index contributed by atoms with van der Waals surface area (Å²) in [7, 11) is 0. The molecule has 1 N–H and O–H groups in total. The van der Waals surface area contributed by atoms with Gasteiger partial charge in [-0.1, -0.05) is 6.07 Å². The van der Waals surface area contributed by atoms with Crippen LogP contribution in [0.15, 0.2) is 47.1 Å². The Hall–Kier alpha value is -2.01. The summed E-state index contributed by atoms with van der Waals surface area (Å²) in [6.07, 6.45) is 3.38. The van der Waals surface area contributed by atoms with Crippen molar-refractivity contribution < 1.29 is 4.79 Å². The molecule has 2 heterocycles. The summed E-state index contributed by atoms with van der Waals surface area (Å²) in [5, 5.41) is 5.90. The number of carbonyl (C=O) groups excluding carboxylic acids is 1. The number of rotatable bonds is 3. The average molecular weight is 245 g/mol. The van der Waals surface area contributed by atoms with Crippen LogP contribution < -0.4 is 5.43 Å². The first kappa shape index (κ1) is 11.5. The number of amides is 1. The number of thiophene rings is 1. The fourth-order valence-electron chi connectivity index (χ4n) is 1.26. The lowest BCUT2D eigenvalue weighted by Gasteiger charge is -2.00. The first-order chi connectivity index (χ1) is 8.27. The van der Waals surface area contributed by atoms with Crippen LogP contribution in [0.3, 0.4) is 0 Å². The standard InChI is InChI=1S/C12H11N3OS/c1-9(10-4-6-13-7-5-10)14-15-12(16)11-3-2-8-17-11/h2-8H,1H3,(H,15,16)/b14-9-. The summed E-state index contributed by atoms with van der Waals surface area (Å²) >= 11 is 1.39. The van der Waals surface area contributed by atoms with Gasteiger partial charge in [-0.15, -0.1) is 11.3 Å². The highest BCUT2D eigenvalue weighted by Crippen LogP contribution is 2.07. The van der Waals surface area contributed by atoms with Crippen molar-refractivity contribution >= 4 is 23.0 Å². The zero-order valence-corrected chi connectivity index (χ0v) is 10.1. The highest BCUT2D eigenvalue weighted by Gasteiger charge is 2.04. The second-order valence-electron chi connectivity index (χ2n) is 3.35. The predicted molar refractivity (Wildman–Crippen MR) is 68.2 cm³/mol. The molecule has 2 rings (SSSR count). The molecular formula is C12H11N3OS. The molecule has 0 radical (unpaired) electrons. The maximum Gasteiger partial charge on any atom is 0.281 e. The molecule has 0 aliphatic rings. The van der Waals surface area contributed by atoms with E-state index >= 15 is 0 Å². The Morgan fingerprint density at radius 1 is 1.35 bits per heavy atom. The molecule has 17 heavy (non-hydrogen) atoms. The van der Waals surface area contributed by atoms with Gasteiger partial charge in [-0.3, -0.25) is 9.78 Å². The summed E-state index contributed by atoms with van der Waals surface area (Å²) in [5.74, 6) is -0.187. The topological polar surface area (TPSA) is 54.4 Å². The molecule has 0 fully saturated rings. The summed E-state index contributed by atoms with van der Waals surface area (Å²) in [6, 6.07) is 7.28. The van der Waals surface area contributed by atoms with Gasteiger partial charge in [0.05, 0.1) is 10.6 Å². The molecule has 2 aromatic rings. The van der Waals surface area contributed by atoms with E-state index in [2.05, 4.69) is 15.5 Å². The highest BCUT2D eigenvalue weighted by atomic mass is 32.1. The Bertz CT molecular complexity index is 520. The molecule has 4 nitrogen and oxygen atoms in total. The third kappa shape index (κ3) is 2.98. The molecule has 2 aromatic heterocycles. The van der Waals surface area contributed by atoms with Crippen LogP contribution in [0.2, 0.25) is 0 Å². The van der Waals surface area contributed by atoms with E-state index in [1.807, 2.05) is 30.5 Å². The van der Waals surface area contributed by atoms with Crippen LogP contribution in [-0.2, 0) is 0 Å². The van der Waals surface area contributed by atoms with E-state index in [4.69, 9.17) is 0 Å². The molecule has 0 aliphatic heterocycles. The molecule has 86 valence electrons. The van der Waals surface area contributed by atoms with Crippen LogP contribution in [0, 0.1) is 0 Å². The van der Waals surface area contributed by atoms with E-state index in [1.54, 1.807) is 18.5 Å². The number of hydrogen-bond donors (Lipinski definition) is 1. The third-order valence-electron chi connectivity index (χ3n) is 2.17. The SMILES string of the molecule is C/C(=N/NC(=O)c1cccs1)c1ccncc1. The molecule has 5 heteroatoms. The molecule has 0 unspecified atom stereocenters. The monoisotopic (exact) mass is 245 g/mol.